The van der Waals surface area contributed by atoms with Crippen molar-refractivity contribution in [2.24, 2.45) is 0 Å². The fourth-order valence-corrected chi connectivity index (χ4v) is 4.17. The van der Waals surface area contributed by atoms with Gasteiger partial charge in [-0.3, -0.25) is 15.0 Å². The van der Waals surface area contributed by atoms with Gasteiger partial charge in [-0.15, -0.1) is 0 Å². The number of rotatable bonds is 5. The van der Waals surface area contributed by atoms with Gasteiger partial charge in [0.15, 0.2) is 0 Å². The summed E-state index contributed by atoms with van der Waals surface area (Å²) in [5.74, 6) is 0.623. The Morgan fingerprint density at radius 1 is 0.903 bits per heavy atom. The molecule has 0 saturated heterocycles. The summed E-state index contributed by atoms with van der Waals surface area (Å²) in [7, 11) is 0. The number of anilines is 1. The van der Waals surface area contributed by atoms with E-state index in [1.165, 1.54) is 11.5 Å². The minimum absolute atomic E-state index is 0.612. The van der Waals surface area contributed by atoms with E-state index in [4.69, 9.17) is 0 Å². The van der Waals surface area contributed by atoms with E-state index >= 15 is 0 Å². The predicted octanol–water partition coefficient (Wildman–Crippen LogP) is 5.44. The molecule has 6 nitrogen and oxygen atoms in total. The summed E-state index contributed by atoms with van der Waals surface area (Å²) in [5.41, 5.74) is 7.28. The van der Waals surface area contributed by atoms with E-state index in [-0.39, 0.29) is 0 Å². The molecule has 1 N–H and O–H groups in total. The van der Waals surface area contributed by atoms with Crippen LogP contribution in [0.2, 0.25) is 0 Å². The standard InChI is InChI=1S/C24H20N6S/c1-15-10-17(13-27-22(15)19-7-9-25-16(2)11-19)14-28-24-29-23(31-30-24)20-5-6-21-18(12-20)4-3-8-26-21/h3-13H,14H2,1-2H3,(H,28,30). The molecular formula is C24H20N6S. The lowest BCUT2D eigenvalue weighted by Crippen LogP contribution is -2.02. The molecule has 4 aromatic heterocycles. The fourth-order valence-electron chi connectivity index (χ4n) is 3.53. The van der Waals surface area contributed by atoms with Gasteiger partial charge in [0.25, 0.3) is 0 Å². The number of fused-ring (bicyclic) bond motifs is 1. The number of benzene rings is 1. The van der Waals surface area contributed by atoms with Gasteiger partial charge in [0, 0.05) is 47.3 Å². The van der Waals surface area contributed by atoms with Crippen LogP contribution in [0.5, 0.6) is 0 Å². The second kappa shape index (κ2) is 8.20. The number of aryl methyl sites for hydroxylation is 2. The number of pyridine rings is 3. The summed E-state index contributed by atoms with van der Waals surface area (Å²) >= 11 is 1.38. The minimum atomic E-state index is 0.612. The largest absolute Gasteiger partial charge is 0.349 e. The van der Waals surface area contributed by atoms with Crippen molar-refractivity contribution in [3.05, 3.63) is 83.9 Å². The third-order valence-corrected chi connectivity index (χ3v) is 5.80. The maximum absolute atomic E-state index is 4.67. The van der Waals surface area contributed by atoms with Gasteiger partial charge >= 0.3 is 0 Å². The maximum Gasteiger partial charge on any atom is 0.235 e. The van der Waals surface area contributed by atoms with Crippen molar-refractivity contribution in [3.8, 4) is 21.8 Å². The average Bonchev–Trinajstić information content (AvgIpc) is 3.26. The van der Waals surface area contributed by atoms with E-state index in [0.29, 0.717) is 12.5 Å². The van der Waals surface area contributed by atoms with Gasteiger partial charge in [-0.25, -0.2) is 0 Å². The first-order valence-electron chi connectivity index (χ1n) is 9.97. The lowest BCUT2D eigenvalue weighted by atomic mass is 10.1. The van der Waals surface area contributed by atoms with Crippen molar-refractivity contribution in [2.45, 2.75) is 20.4 Å². The van der Waals surface area contributed by atoms with Crippen LogP contribution in [0.1, 0.15) is 16.8 Å². The summed E-state index contributed by atoms with van der Waals surface area (Å²) in [6.45, 7) is 4.68. The molecule has 0 aliphatic heterocycles. The highest BCUT2D eigenvalue weighted by Gasteiger charge is 2.09. The molecule has 0 radical (unpaired) electrons. The molecule has 0 bridgehead atoms. The number of nitrogens with one attached hydrogen (secondary N) is 1. The third-order valence-electron chi connectivity index (χ3n) is 5.03. The molecule has 0 aliphatic carbocycles. The van der Waals surface area contributed by atoms with Crippen LogP contribution < -0.4 is 5.32 Å². The molecule has 0 saturated carbocycles. The highest BCUT2D eigenvalue weighted by atomic mass is 32.1. The van der Waals surface area contributed by atoms with Crippen LogP contribution in [0.3, 0.4) is 0 Å². The van der Waals surface area contributed by atoms with Crippen LogP contribution in [-0.2, 0) is 6.54 Å². The van der Waals surface area contributed by atoms with E-state index in [1.807, 2.05) is 43.6 Å². The Balaban J connectivity index is 1.30. The molecule has 0 atom stereocenters. The Kier molecular flexibility index (Phi) is 5.09. The van der Waals surface area contributed by atoms with Crippen molar-refractivity contribution >= 4 is 28.4 Å². The third kappa shape index (κ3) is 4.13. The SMILES string of the molecule is Cc1cc(-c2ncc(CNc3nsc(-c4ccc5ncccc5c4)n3)cc2C)ccn1. The van der Waals surface area contributed by atoms with Gasteiger partial charge in [0.1, 0.15) is 5.01 Å². The second-order valence-electron chi connectivity index (χ2n) is 7.38. The van der Waals surface area contributed by atoms with Crippen LogP contribution >= 0.6 is 11.5 Å². The lowest BCUT2D eigenvalue weighted by molar-refractivity contribution is 1.07. The normalized spacial score (nSPS) is 11.0. The lowest BCUT2D eigenvalue weighted by Gasteiger charge is -2.08. The zero-order valence-corrected chi connectivity index (χ0v) is 18.0. The van der Waals surface area contributed by atoms with Crippen molar-refractivity contribution in [1.82, 2.24) is 24.3 Å². The van der Waals surface area contributed by atoms with E-state index in [0.717, 1.165) is 49.6 Å². The van der Waals surface area contributed by atoms with Crippen molar-refractivity contribution in [2.75, 3.05) is 5.32 Å². The smallest absolute Gasteiger partial charge is 0.235 e. The number of hydrogen-bond acceptors (Lipinski definition) is 7. The topological polar surface area (TPSA) is 76.5 Å². The number of hydrogen-bond donors (Lipinski definition) is 1. The van der Waals surface area contributed by atoms with Crippen LogP contribution in [0.25, 0.3) is 32.7 Å². The highest BCUT2D eigenvalue weighted by molar-refractivity contribution is 7.09. The van der Waals surface area contributed by atoms with Gasteiger partial charge in [-0.2, -0.15) is 9.36 Å². The summed E-state index contributed by atoms with van der Waals surface area (Å²) in [6, 6.07) is 16.3. The first-order valence-corrected chi connectivity index (χ1v) is 10.7. The molecule has 7 heteroatoms. The molecule has 0 unspecified atom stereocenters. The molecule has 152 valence electrons. The Bertz CT molecular complexity index is 1380. The maximum atomic E-state index is 4.67. The fraction of sp³-hybridized carbons (Fsp3) is 0.125. The van der Waals surface area contributed by atoms with E-state index in [2.05, 4.69) is 60.8 Å². The Labute approximate surface area is 184 Å². The summed E-state index contributed by atoms with van der Waals surface area (Å²) in [5, 5.41) is 5.28. The van der Waals surface area contributed by atoms with Gasteiger partial charge in [-0.1, -0.05) is 12.1 Å². The van der Waals surface area contributed by atoms with Crippen molar-refractivity contribution in [3.63, 3.8) is 0 Å². The van der Waals surface area contributed by atoms with Crippen molar-refractivity contribution < 1.29 is 0 Å². The first kappa shape index (κ1) is 19.3. The van der Waals surface area contributed by atoms with E-state index < -0.39 is 0 Å². The molecule has 31 heavy (non-hydrogen) atoms. The molecule has 0 spiro atoms. The average molecular weight is 425 g/mol. The molecular weight excluding hydrogens is 404 g/mol. The summed E-state index contributed by atoms with van der Waals surface area (Å²) < 4.78 is 4.46. The second-order valence-corrected chi connectivity index (χ2v) is 8.13. The number of nitrogens with zero attached hydrogens (tertiary/aromatic N) is 5. The van der Waals surface area contributed by atoms with Gasteiger partial charge < -0.3 is 5.32 Å². The summed E-state index contributed by atoms with van der Waals surface area (Å²) in [4.78, 5) is 17.9. The Morgan fingerprint density at radius 3 is 2.71 bits per heavy atom. The van der Waals surface area contributed by atoms with Crippen molar-refractivity contribution in [1.29, 1.82) is 0 Å². The van der Waals surface area contributed by atoms with E-state index in [1.54, 1.807) is 6.20 Å². The monoisotopic (exact) mass is 424 g/mol. The first-order chi connectivity index (χ1) is 15.2. The molecule has 4 heterocycles. The van der Waals surface area contributed by atoms with Crippen LogP contribution in [0, 0.1) is 13.8 Å². The Hall–Kier alpha value is -3.71. The van der Waals surface area contributed by atoms with Gasteiger partial charge in [-0.05, 0) is 72.9 Å². The zero-order valence-electron chi connectivity index (χ0n) is 17.2. The molecule has 5 aromatic rings. The quantitative estimate of drug-likeness (QED) is 0.405. The van der Waals surface area contributed by atoms with Crippen LogP contribution in [0.15, 0.2) is 67.1 Å². The van der Waals surface area contributed by atoms with Crippen LogP contribution in [-0.4, -0.2) is 24.3 Å². The minimum Gasteiger partial charge on any atom is -0.349 e. The molecule has 0 aliphatic rings. The predicted molar refractivity (Wildman–Crippen MR) is 125 cm³/mol. The number of aromatic nitrogens is 5. The van der Waals surface area contributed by atoms with E-state index in [9.17, 15) is 0 Å². The molecule has 0 fully saturated rings. The summed E-state index contributed by atoms with van der Waals surface area (Å²) in [6.07, 6.45) is 5.52. The molecule has 5 rings (SSSR count). The molecule has 0 amide bonds. The van der Waals surface area contributed by atoms with Gasteiger partial charge in [0.05, 0.1) is 11.2 Å². The van der Waals surface area contributed by atoms with Crippen LogP contribution in [0.4, 0.5) is 5.95 Å². The zero-order chi connectivity index (χ0) is 21.2. The highest BCUT2D eigenvalue weighted by Crippen LogP contribution is 2.27. The van der Waals surface area contributed by atoms with Gasteiger partial charge in [0.2, 0.25) is 5.95 Å². The molecule has 1 aromatic carbocycles. The Morgan fingerprint density at radius 2 is 1.84 bits per heavy atom.